The lowest BCUT2D eigenvalue weighted by Crippen LogP contribution is -2.25. The van der Waals surface area contributed by atoms with Crippen LogP contribution in [0.2, 0.25) is 0 Å². The maximum Gasteiger partial charge on any atom is 0.286 e. The van der Waals surface area contributed by atoms with E-state index in [1.807, 2.05) is 13.8 Å². The fraction of sp³-hybridized carbons (Fsp3) is 0.389. The number of nitrogens with one attached hydrogen (secondary N) is 1. The number of ether oxygens (including phenoxy) is 1. The maximum absolute atomic E-state index is 12.3. The Morgan fingerprint density at radius 3 is 2.56 bits per heavy atom. The molecule has 6 nitrogen and oxygen atoms in total. The number of benzene rings is 1. The molecule has 1 heterocycles. The van der Waals surface area contributed by atoms with E-state index in [-0.39, 0.29) is 34.2 Å². The van der Waals surface area contributed by atoms with Crippen molar-refractivity contribution >= 4 is 15.7 Å². The van der Waals surface area contributed by atoms with Crippen LogP contribution < -0.4 is 5.32 Å². The zero-order chi connectivity index (χ0) is 18.3. The number of sulfone groups is 1. The molecular weight excluding hydrogens is 342 g/mol. The first-order valence-corrected chi connectivity index (χ1v) is 9.80. The number of carbonyl (C=O) groups excluding carboxylic acids is 1. The van der Waals surface area contributed by atoms with Gasteiger partial charge in [-0.15, -0.1) is 0 Å². The molecule has 25 heavy (non-hydrogen) atoms. The van der Waals surface area contributed by atoms with E-state index in [1.54, 1.807) is 18.2 Å². The number of hydrogen-bond acceptors (Lipinski definition) is 5. The van der Waals surface area contributed by atoms with Crippen molar-refractivity contribution in [1.29, 1.82) is 0 Å². The Labute approximate surface area is 148 Å². The van der Waals surface area contributed by atoms with Crippen LogP contribution in [0, 0.1) is 0 Å². The molecule has 0 spiro atoms. The molecule has 136 valence electrons. The van der Waals surface area contributed by atoms with E-state index in [1.165, 1.54) is 24.3 Å². The van der Waals surface area contributed by atoms with Crippen LogP contribution in [0.4, 0.5) is 0 Å². The predicted molar refractivity (Wildman–Crippen MR) is 94.1 cm³/mol. The van der Waals surface area contributed by atoms with Gasteiger partial charge in [0.05, 0.1) is 11.0 Å². The van der Waals surface area contributed by atoms with Crippen molar-refractivity contribution < 1.29 is 22.4 Å². The summed E-state index contributed by atoms with van der Waals surface area (Å²) < 4.78 is 35.4. The van der Waals surface area contributed by atoms with Crippen LogP contribution in [0.25, 0.3) is 0 Å². The quantitative estimate of drug-likeness (QED) is 0.691. The van der Waals surface area contributed by atoms with Crippen LogP contribution in [0.1, 0.15) is 36.6 Å². The number of carbonyl (C=O) groups is 1. The molecule has 0 aliphatic heterocycles. The lowest BCUT2D eigenvalue weighted by molar-refractivity contribution is 0.0753. The van der Waals surface area contributed by atoms with Crippen LogP contribution in [0.3, 0.4) is 0 Å². The Bertz CT molecular complexity index is 781. The molecular formula is C18H23NO5S. The highest BCUT2D eigenvalue weighted by Crippen LogP contribution is 2.18. The van der Waals surface area contributed by atoms with Gasteiger partial charge in [-0.1, -0.05) is 18.2 Å². The van der Waals surface area contributed by atoms with Gasteiger partial charge in [-0.3, -0.25) is 4.79 Å². The molecule has 1 aromatic heterocycles. The monoisotopic (exact) mass is 365 g/mol. The Kier molecular flexibility index (Phi) is 6.78. The topological polar surface area (TPSA) is 85.6 Å². The maximum atomic E-state index is 12.3. The summed E-state index contributed by atoms with van der Waals surface area (Å²) >= 11 is 0. The normalized spacial score (nSPS) is 11.6. The van der Waals surface area contributed by atoms with Crippen LogP contribution in [-0.4, -0.2) is 33.6 Å². The Morgan fingerprint density at radius 1 is 1.16 bits per heavy atom. The number of hydrogen-bond donors (Lipinski definition) is 1. The summed E-state index contributed by atoms with van der Waals surface area (Å²) in [7, 11) is -3.50. The largest absolute Gasteiger partial charge is 0.455 e. The molecule has 0 bridgehead atoms. The first-order valence-electron chi connectivity index (χ1n) is 8.15. The van der Waals surface area contributed by atoms with E-state index >= 15 is 0 Å². The first kappa shape index (κ1) is 19.2. The van der Waals surface area contributed by atoms with Gasteiger partial charge in [0.2, 0.25) is 0 Å². The van der Waals surface area contributed by atoms with Gasteiger partial charge in [-0.2, -0.15) is 0 Å². The number of rotatable bonds is 9. The molecule has 2 rings (SSSR count). The molecule has 0 fully saturated rings. The second-order valence-corrected chi connectivity index (χ2v) is 7.86. The molecule has 1 amide bonds. The van der Waals surface area contributed by atoms with Gasteiger partial charge in [0.25, 0.3) is 5.91 Å². The molecule has 0 aliphatic carbocycles. The fourth-order valence-corrected chi connectivity index (χ4v) is 3.42. The van der Waals surface area contributed by atoms with Crippen LogP contribution >= 0.6 is 0 Å². The average molecular weight is 365 g/mol. The summed E-state index contributed by atoms with van der Waals surface area (Å²) in [4.78, 5) is 12.2. The molecule has 1 N–H and O–H groups in total. The minimum absolute atomic E-state index is 0.100. The Balaban J connectivity index is 1.88. The van der Waals surface area contributed by atoms with Gasteiger partial charge in [0.15, 0.2) is 15.6 Å². The van der Waals surface area contributed by atoms with E-state index in [9.17, 15) is 13.2 Å². The van der Waals surface area contributed by atoms with Crippen molar-refractivity contribution in [3.05, 3.63) is 54.0 Å². The second kappa shape index (κ2) is 8.82. The van der Waals surface area contributed by atoms with Crippen molar-refractivity contribution in [2.75, 3.05) is 13.2 Å². The van der Waals surface area contributed by atoms with Crippen molar-refractivity contribution in [1.82, 2.24) is 5.32 Å². The molecule has 1 aromatic carbocycles. The lowest BCUT2D eigenvalue weighted by Gasteiger charge is -2.07. The van der Waals surface area contributed by atoms with Crippen LogP contribution in [0.15, 0.2) is 51.8 Å². The third kappa shape index (κ3) is 6.03. The van der Waals surface area contributed by atoms with Gasteiger partial charge in [-0.25, -0.2) is 8.42 Å². The molecule has 0 saturated heterocycles. The van der Waals surface area contributed by atoms with E-state index in [0.29, 0.717) is 19.6 Å². The van der Waals surface area contributed by atoms with Gasteiger partial charge in [0, 0.05) is 13.2 Å². The van der Waals surface area contributed by atoms with Crippen molar-refractivity contribution in [2.24, 2.45) is 0 Å². The summed E-state index contributed by atoms with van der Waals surface area (Å²) in [6.45, 7) is 4.93. The third-order valence-electron chi connectivity index (χ3n) is 3.38. The summed E-state index contributed by atoms with van der Waals surface area (Å²) in [5.74, 6) is -0.319. The smallest absolute Gasteiger partial charge is 0.286 e. The molecule has 0 radical (unpaired) electrons. The van der Waals surface area contributed by atoms with Gasteiger partial charge >= 0.3 is 0 Å². The zero-order valence-corrected chi connectivity index (χ0v) is 15.2. The zero-order valence-electron chi connectivity index (χ0n) is 14.4. The number of furan rings is 1. The minimum Gasteiger partial charge on any atom is -0.455 e. The summed E-state index contributed by atoms with van der Waals surface area (Å²) in [5, 5.41) is 2.72. The van der Waals surface area contributed by atoms with E-state index in [4.69, 9.17) is 9.15 Å². The van der Waals surface area contributed by atoms with Crippen molar-refractivity contribution in [3.63, 3.8) is 0 Å². The molecule has 0 aliphatic rings. The fourth-order valence-electron chi connectivity index (χ4n) is 2.16. The number of amides is 1. The predicted octanol–water partition coefficient (Wildman–Crippen LogP) is 2.80. The Hall–Kier alpha value is -2.12. The van der Waals surface area contributed by atoms with Crippen LogP contribution in [0.5, 0.6) is 0 Å². The Morgan fingerprint density at radius 2 is 1.88 bits per heavy atom. The molecule has 0 saturated carbocycles. The standard InChI is InChI=1S/C18H23NO5S/c1-14(2)23-12-6-11-19-18(20)17-10-9-15(24-17)13-25(21,22)16-7-4-3-5-8-16/h3-5,7-10,14H,6,11-13H2,1-2H3,(H,19,20). The SMILES string of the molecule is CC(C)OCCCNC(=O)c1ccc(CS(=O)(=O)c2ccccc2)o1. The van der Waals surface area contributed by atoms with Crippen molar-refractivity contribution in [2.45, 2.75) is 37.0 Å². The summed E-state index contributed by atoms with van der Waals surface area (Å²) in [6, 6.07) is 11.1. The highest BCUT2D eigenvalue weighted by Gasteiger charge is 2.19. The third-order valence-corrected chi connectivity index (χ3v) is 5.03. The van der Waals surface area contributed by atoms with Crippen molar-refractivity contribution in [3.8, 4) is 0 Å². The van der Waals surface area contributed by atoms with Gasteiger partial charge in [0.1, 0.15) is 11.5 Å². The van der Waals surface area contributed by atoms with E-state index < -0.39 is 9.84 Å². The highest BCUT2D eigenvalue weighted by molar-refractivity contribution is 7.90. The van der Waals surface area contributed by atoms with Gasteiger partial charge in [-0.05, 0) is 44.5 Å². The molecule has 0 unspecified atom stereocenters. The molecule has 2 aromatic rings. The first-order chi connectivity index (χ1) is 11.9. The summed E-state index contributed by atoms with van der Waals surface area (Å²) in [5.41, 5.74) is 0. The van der Waals surface area contributed by atoms with Crippen LogP contribution in [-0.2, 0) is 20.3 Å². The summed E-state index contributed by atoms with van der Waals surface area (Å²) in [6.07, 6.45) is 0.856. The molecule has 7 heteroatoms. The minimum atomic E-state index is -3.50. The van der Waals surface area contributed by atoms with E-state index in [2.05, 4.69) is 5.32 Å². The lowest BCUT2D eigenvalue weighted by atomic mass is 10.4. The van der Waals surface area contributed by atoms with E-state index in [0.717, 1.165) is 0 Å². The second-order valence-electron chi connectivity index (χ2n) is 5.87. The highest BCUT2D eigenvalue weighted by atomic mass is 32.2. The average Bonchev–Trinajstić information content (AvgIpc) is 3.03. The van der Waals surface area contributed by atoms with Gasteiger partial charge < -0.3 is 14.5 Å². The molecule has 0 atom stereocenters.